The van der Waals surface area contributed by atoms with Gasteiger partial charge in [-0.25, -0.2) is 0 Å². The Kier molecular flexibility index (Phi) is 4.98. The Balaban J connectivity index is 1.95. The van der Waals surface area contributed by atoms with E-state index in [0.717, 1.165) is 0 Å². The summed E-state index contributed by atoms with van der Waals surface area (Å²) >= 11 is 0. The first kappa shape index (κ1) is 19.0. The van der Waals surface area contributed by atoms with Gasteiger partial charge in [0.25, 0.3) is 5.91 Å². The first-order valence-electron chi connectivity index (χ1n) is 9.30. The minimum Gasteiger partial charge on any atom is -0.493 e. The van der Waals surface area contributed by atoms with Gasteiger partial charge in [0, 0.05) is 13.2 Å². The number of amides is 1. The Morgan fingerprint density at radius 1 is 1.07 bits per heavy atom. The quantitative estimate of drug-likeness (QED) is 0.690. The number of fused-ring (bicyclic) bond motifs is 2. The number of hydrogen-bond acceptors (Lipinski definition) is 6. The summed E-state index contributed by atoms with van der Waals surface area (Å²) in [6.07, 6.45) is 0.386. The monoisotopic (exact) mass is 395 g/mol. The predicted molar refractivity (Wildman–Crippen MR) is 107 cm³/mol. The fourth-order valence-electron chi connectivity index (χ4n) is 3.81. The van der Waals surface area contributed by atoms with Gasteiger partial charge in [-0.15, -0.1) is 0 Å². The van der Waals surface area contributed by atoms with Gasteiger partial charge in [0.2, 0.25) is 5.76 Å². The van der Waals surface area contributed by atoms with E-state index in [2.05, 4.69) is 0 Å². The van der Waals surface area contributed by atoms with Gasteiger partial charge in [-0.3, -0.25) is 9.59 Å². The summed E-state index contributed by atoms with van der Waals surface area (Å²) in [6.45, 7) is 0.219. The molecule has 7 nitrogen and oxygen atoms in total. The number of aliphatic hydroxyl groups is 1. The van der Waals surface area contributed by atoms with Crippen molar-refractivity contribution < 1.29 is 23.8 Å². The lowest BCUT2D eigenvalue weighted by Crippen LogP contribution is -2.31. The topological polar surface area (TPSA) is 89.2 Å². The molecule has 0 bridgehead atoms. The Morgan fingerprint density at radius 2 is 1.83 bits per heavy atom. The molecular weight excluding hydrogens is 374 g/mol. The van der Waals surface area contributed by atoms with Crippen LogP contribution >= 0.6 is 0 Å². The molecule has 0 aliphatic carbocycles. The van der Waals surface area contributed by atoms with E-state index in [-0.39, 0.29) is 30.2 Å². The Morgan fingerprint density at radius 3 is 2.55 bits per heavy atom. The normalized spacial score (nSPS) is 15.6. The number of hydrogen-bond donors (Lipinski definition) is 1. The fraction of sp³-hybridized carbons (Fsp3) is 0.273. The van der Waals surface area contributed by atoms with Crippen LogP contribution in [-0.4, -0.2) is 43.3 Å². The lowest BCUT2D eigenvalue weighted by atomic mass is 9.98. The number of benzene rings is 2. The van der Waals surface area contributed by atoms with E-state index in [9.17, 15) is 14.7 Å². The number of rotatable bonds is 6. The molecule has 0 saturated heterocycles. The van der Waals surface area contributed by atoms with Crippen molar-refractivity contribution in [1.29, 1.82) is 0 Å². The average Bonchev–Trinajstić information content (AvgIpc) is 3.03. The lowest BCUT2D eigenvalue weighted by molar-refractivity contribution is 0.0716. The molecule has 0 radical (unpaired) electrons. The lowest BCUT2D eigenvalue weighted by Gasteiger charge is -2.25. The Labute approximate surface area is 167 Å². The van der Waals surface area contributed by atoms with Crippen molar-refractivity contribution in [2.45, 2.75) is 12.5 Å². The SMILES string of the molecule is COc1ccc(C2c3c(oc4ccccc4c3=O)C(=O)N2CCCO)cc1OC. The number of aliphatic hydroxyl groups excluding tert-OH is 1. The van der Waals surface area contributed by atoms with Crippen molar-refractivity contribution in [3.8, 4) is 11.5 Å². The van der Waals surface area contributed by atoms with E-state index in [4.69, 9.17) is 13.9 Å². The van der Waals surface area contributed by atoms with Crippen molar-refractivity contribution in [2.75, 3.05) is 27.4 Å². The number of carbonyl (C=O) groups is 1. The molecule has 1 N–H and O–H groups in total. The van der Waals surface area contributed by atoms with E-state index in [1.807, 2.05) is 0 Å². The van der Waals surface area contributed by atoms with Gasteiger partial charge in [0.1, 0.15) is 5.58 Å². The van der Waals surface area contributed by atoms with Crippen LogP contribution in [0.2, 0.25) is 0 Å². The van der Waals surface area contributed by atoms with E-state index in [1.54, 1.807) is 54.5 Å². The molecule has 29 heavy (non-hydrogen) atoms. The molecule has 1 atom stereocenters. The highest BCUT2D eigenvalue weighted by Gasteiger charge is 2.42. The maximum atomic E-state index is 13.3. The fourth-order valence-corrected chi connectivity index (χ4v) is 3.81. The summed E-state index contributed by atoms with van der Waals surface area (Å²) < 4.78 is 16.5. The van der Waals surface area contributed by atoms with Crippen molar-refractivity contribution in [3.63, 3.8) is 0 Å². The number of para-hydroxylation sites is 1. The third-order valence-electron chi connectivity index (χ3n) is 5.15. The van der Waals surface area contributed by atoms with Crippen molar-refractivity contribution in [2.24, 2.45) is 0 Å². The standard InChI is InChI=1S/C22H21NO6/c1-27-16-9-8-13(12-17(16)28-2)19-18-20(25)14-6-3-4-7-15(14)29-21(18)22(26)23(19)10-5-11-24/h3-4,6-9,12,19,24H,5,10-11H2,1-2H3. The smallest absolute Gasteiger partial charge is 0.290 e. The molecule has 150 valence electrons. The van der Waals surface area contributed by atoms with Gasteiger partial charge in [0.05, 0.1) is 31.2 Å². The minimum absolute atomic E-state index is 0.0476. The second kappa shape index (κ2) is 7.60. The molecule has 1 aliphatic heterocycles. The summed E-state index contributed by atoms with van der Waals surface area (Å²) in [7, 11) is 3.07. The molecule has 2 heterocycles. The molecule has 1 unspecified atom stereocenters. The molecule has 4 rings (SSSR count). The van der Waals surface area contributed by atoms with Gasteiger partial charge in [-0.1, -0.05) is 18.2 Å². The van der Waals surface area contributed by atoms with Crippen LogP contribution in [0.3, 0.4) is 0 Å². The van der Waals surface area contributed by atoms with Crippen LogP contribution < -0.4 is 14.9 Å². The maximum Gasteiger partial charge on any atom is 0.290 e. The largest absolute Gasteiger partial charge is 0.493 e. The molecule has 1 aliphatic rings. The molecule has 7 heteroatoms. The van der Waals surface area contributed by atoms with Crippen LogP contribution in [-0.2, 0) is 0 Å². The summed E-state index contributed by atoms with van der Waals surface area (Å²) in [6, 6.07) is 11.5. The summed E-state index contributed by atoms with van der Waals surface area (Å²) in [5.41, 5.74) is 1.15. The van der Waals surface area contributed by atoms with Crippen LogP contribution in [0.4, 0.5) is 0 Å². The molecule has 1 amide bonds. The summed E-state index contributed by atoms with van der Waals surface area (Å²) in [5.74, 6) is 0.731. The highest BCUT2D eigenvalue weighted by Crippen LogP contribution is 2.40. The van der Waals surface area contributed by atoms with E-state index in [0.29, 0.717) is 40.0 Å². The highest BCUT2D eigenvalue weighted by molar-refractivity contribution is 5.99. The average molecular weight is 395 g/mol. The van der Waals surface area contributed by atoms with Crippen LogP contribution in [0.25, 0.3) is 11.0 Å². The zero-order valence-electron chi connectivity index (χ0n) is 16.2. The molecule has 3 aromatic rings. The predicted octanol–water partition coefficient (Wildman–Crippen LogP) is 2.74. The molecule has 1 aromatic heterocycles. The zero-order valence-corrected chi connectivity index (χ0v) is 16.2. The minimum atomic E-state index is -0.635. The summed E-state index contributed by atoms with van der Waals surface area (Å²) in [4.78, 5) is 28.0. The Bertz CT molecular complexity index is 1140. The second-order valence-electron chi connectivity index (χ2n) is 6.76. The number of nitrogens with zero attached hydrogens (tertiary/aromatic N) is 1. The number of methoxy groups -OCH3 is 2. The van der Waals surface area contributed by atoms with Crippen molar-refractivity contribution in [3.05, 3.63) is 69.6 Å². The molecular formula is C22H21NO6. The summed E-state index contributed by atoms with van der Waals surface area (Å²) in [5, 5.41) is 9.71. The highest BCUT2D eigenvalue weighted by atomic mass is 16.5. The van der Waals surface area contributed by atoms with Gasteiger partial charge in [-0.2, -0.15) is 0 Å². The van der Waals surface area contributed by atoms with Gasteiger partial charge >= 0.3 is 0 Å². The first-order valence-corrected chi connectivity index (χ1v) is 9.30. The number of ether oxygens (including phenoxy) is 2. The number of carbonyl (C=O) groups excluding carboxylic acids is 1. The second-order valence-corrected chi connectivity index (χ2v) is 6.76. The third kappa shape index (κ3) is 3.03. The molecule has 2 aromatic carbocycles. The van der Waals surface area contributed by atoms with Crippen molar-refractivity contribution in [1.82, 2.24) is 4.90 Å². The Hall–Kier alpha value is -3.32. The third-order valence-corrected chi connectivity index (χ3v) is 5.15. The molecule has 0 fully saturated rings. The molecule has 0 saturated carbocycles. The maximum absolute atomic E-state index is 13.3. The zero-order chi connectivity index (χ0) is 20.5. The molecule has 0 spiro atoms. The van der Waals surface area contributed by atoms with Gasteiger partial charge in [-0.05, 0) is 36.2 Å². The van der Waals surface area contributed by atoms with Crippen molar-refractivity contribution >= 4 is 16.9 Å². The van der Waals surface area contributed by atoms with E-state index < -0.39 is 6.04 Å². The van der Waals surface area contributed by atoms with E-state index >= 15 is 0 Å². The van der Waals surface area contributed by atoms with Crippen LogP contribution in [0.1, 0.15) is 34.1 Å². The van der Waals surface area contributed by atoms with Crippen LogP contribution in [0, 0.1) is 0 Å². The van der Waals surface area contributed by atoms with Gasteiger partial charge < -0.3 is 23.9 Å². The van der Waals surface area contributed by atoms with Crippen LogP contribution in [0.5, 0.6) is 11.5 Å². The van der Waals surface area contributed by atoms with Crippen LogP contribution in [0.15, 0.2) is 51.7 Å². The van der Waals surface area contributed by atoms with Gasteiger partial charge in [0.15, 0.2) is 16.9 Å². The van der Waals surface area contributed by atoms with E-state index in [1.165, 1.54) is 7.11 Å². The first-order chi connectivity index (χ1) is 14.1.